The number of ether oxygens (including phenoxy) is 1. The Morgan fingerprint density at radius 1 is 1.12 bits per heavy atom. The fourth-order valence-electron chi connectivity index (χ4n) is 3.93. The van der Waals surface area contributed by atoms with E-state index in [1.807, 2.05) is 0 Å². The largest absolute Gasteiger partial charge is 0.481 e. The molecule has 0 unspecified atom stereocenters. The molecule has 0 aromatic rings. The molecule has 1 N–H and O–H groups in total. The third-order valence-corrected chi connectivity index (χ3v) is 5.22. The quantitative estimate of drug-likeness (QED) is 0.801. The first-order chi connectivity index (χ1) is 7.71. The summed E-state index contributed by atoms with van der Waals surface area (Å²) in [6.07, 6.45) is 8.08. The smallest absolute Gasteiger partial charge is 0.310 e. The highest BCUT2D eigenvalue weighted by atomic mass is 16.5. The van der Waals surface area contributed by atoms with Gasteiger partial charge in [-0.3, -0.25) is 4.79 Å². The molecule has 0 spiro atoms. The molecule has 0 atom stereocenters. The van der Waals surface area contributed by atoms with E-state index in [1.165, 1.54) is 32.1 Å². The highest BCUT2D eigenvalue weighted by molar-refractivity contribution is 5.79. The summed E-state index contributed by atoms with van der Waals surface area (Å²) < 4.78 is 5.40. The zero-order chi connectivity index (χ0) is 11.2. The molecular weight excluding hydrogens is 204 g/mol. The molecule has 16 heavy (non-hydrogen) atoms. The van der Waals surface area contributed by atoms with Gasteiger partial charge < -0.3 is 9.84 Å². The first-order valence-electron chi connectivity index (χ1n) is 6.52. The Hall–Kier alpha value is -0.570. The average molecular weight is 224 g/mol. The Morgan fingerprint density at radius 3 is 2.12 bits per heavy atom. The van der Waals surface area contributed by atoms with Crippen molar-refractivity contribution >= 4 is 5.97 Å². The molecule has 0 bridgehead atoms. The van der Waals surface area contributed by atoms with Gasteiger partial charge >= 0.3 is 5.97 Å². The molecule has 0 amide bonds. The van der Waals surface area contributed by atoms with E-state index < -0.39 is 11.4 Å². The zero-order valence-electron chi connectivity index (χ0n) is 9.71. The minimum absolute atomic E-state index is 0.000741. The lowest BCUT2D eigenvalue weighted by molar-refractivity contribution is -0.205. The lowest BCUT2D eigenvalue weighted by Gasteiger charge is -2.52. The Kier molecular flexibility index (Phi) is 2.29. The lowest BCUT2D eigenvalue weighted by Crippen LogP contribution is -2.57. The Labute approximate surface area is 96.2 Å². The third-order valence-electron chi connectivity index (χ3n) is 5.22. The van der Waals surface area contributed by atoms with E-state index in [4.69, 9.17) is 4.74 Å². The van der Waals surface area contributed by atoms with E-state index >= 15 is 0 Å². The van der Waals surface area contributed by atoms with Crippen LogP contribution in [0.25, 0.3) is 0 Å². The second kappa shape index (κ2) is 3.46. The van der Waals surface area contributed by atoms with Crippen molar-refractivity contribution < 1.29 is 14.6 Å². The fourth-order valence-corrected chi connectivity index (χ4v) is 3.93. The van der Waals surface area contributed by atoms with Crippen molar-refractivity contribution in [3.05, 3.63) is 0 Å². The van der Waals surface area contributed by atoms with Gasteiger partial charge in [-0.2, -0.15) is 0 Å². The maximum absolute atomic E-state index is 11.5. The molecule has 3 rings (SSSR count). The summed E-state index contributed by atoms with van der Waals surface area (Å²) in [6.45, 7) is 1.40. The highest BCUT2D eigenvalue weighted by Gasteiger charge is 2.69. The Bertz CT molecular complexity index is 296. The first kappa shape index (κ1) is 10.6. The van der Waals surface area contributed by atoms with Crippen molar-refractivity contribution in [1.29, 1.82) is 0 Å². The number of carboxylic acid groups (broad SMARTS) is 1. The van der Waals surface area contributed by atoms with Crippen molar-refractivity contribution in [2.45, 2.75) is 44.9 Å². The van der Waals surface area contributed by atoms with Gasteiger partial charge in [-0.05, 0) is 31.6 Å². The number of aliphatic carboxylic acids is 1. The van der Waals surface area contributed by atoms with Gasteiger partial charge in [0, 0.05) is 5.41 Å². The lowest BCUT2D eigenvalue weighted by atomic mass is 9.59. The van der Waals surface area contributed by atoms with Gasteiger partial charge in [-0.25, -0.2) is 0 Å². The van der Waals surface area contributed by atoms with E-state index in [0.717, 1.165) is 12.8 Å². The number of carbonyl (C=O) groups is 1. The predicted molar refractivity (Wildman–Crippen MR) is 59.1 cm³/mol. The number of hydrogen-bond acceptors (Lipinski definition) is 2. The number of carboxylic acids is 1. The Balaban J connectivity index is 1.85. The van der Waals surface area contributed by atoms with Crippen LogP contribution in [0.4, 0.5) is 0 Å². The van der Waals surface area contributed by atoms with Gasteiger partial charge in [-0.15, -0.1) is 0 Å². The van der Waals surface area contributed by atoms with Gasteiger partial charge in [0.1, 0.15) is 0 Å². The van der Waals surface area contributed by atoms with Crippen molar-refractivity contribution in [2.24, 2.45) is 16.7 Å². The van der Waals surface area contributed by atoms with Crippen molar-refractivity contribution in [3.63, 3.8) is 0 Å². The summed E-state index contributed by atoms with van der Waals surface area (Å²) in [4.78, 5) is 11.5. The van der Waals surface area contributed by atoms with Gasteiger partial charge in [-0.1, -0.05) is 19.3 Å². The SMILES string of the molecule is O=C(O)C1(C2(C3CCCCC3)COC2)CC1. The van der Waals surface area contributed by atoms with Crippen LogP contribution in [0.1, 0.15) is 44.9 Å². The molecule has 2 aliphatic carbocycles. The van der Waals surface area contributed by atoms with Gasteiger partial charge in [0.25, 0.3) is 0 Å². The van der Waals surface area contributed by atoms with Crippen LogP contribution < -0.4 is 0 Å². The summed E-state index contributed by atoms with van der Waals surface area (Å²) in [5.41, 5.74) is -0.410. The Morgan fingerprint density at radius 2 is 1.75 bits per heavy atom. The molecule has 0 aromatic carbocycles. The minimum atomic E-state index is -0.568. The first-order valence-corrected chi connectivity index (χ1v) is 6.52. The number of rotatable bonds is 3. The van der Waals surface area contributed by atoms with E-state index in [-0.39, 0.29) is 5.41 Å². The van der Waals surface area contributed by atoms with Crippen LogP contribution in [-0.4, -0.2) is 24.3 Å². The summed E-state index contributed by atoms with van der Waals surface area (Å²) in [7, 11) is 0. The second-order valence-corrected chi connectivity index (χ2v) is 5.87. The standard InChI is InChI=1S/C13H20O3/c14-11(15)12(6-7-12)13(8-16-9-13)10-4-2-1-3-5-10/h10H,1-9H2,(H,14,15). The molecule has 3 aliphatic rings. The summed E-state index contributed by atoms with van der Waals surface area (Å²) >= 11 is 0. The molecule has 0 radical (unpaired) electrons. The summed E-state index contributed by atoms with van der Waals surface area (Å²) in [5, 5.41) is 9.48. The molecule has 90 valence electrons. The van der Waals surface area contributed by atoms with Gasteiger partial charge in [0.15, 0.2) is 0 Å². The monoisotopic (exact) mass is 224 g/mol. The third kappa shape index (κ3) is 1.21. The van der Waals surface area contributed by atoms with Gasteiger partial charge in [0.2, 0.25) is 0 Å². The normalized spacial score (nSPS) is 31.8. The summed E-state index contributed by atoms with van der Waals surface area (Å²) in [5.74, 6) is 0.0370. The zero-order valence-corrected chi connectivity index (χ0v) is 9.71. The van der Waals surface area contributed by atoms with Crippen LogP contribution in [0.2, 0.25) is 0 Å². The molecule has 0 aromatic heterocycles. The molecule has 3 fully saturated rings. The van der Waals surface area contributed by atoms with E-state index in [9.17, 15) is 9.90 Å². The van der Waals surface area contributed by atoms with E-state index in [1.54, 1.807) is 0 Å². The average Bonchev–Trinajstić information content (AvgIpc) is 2.99. The molecular formula is C13H20O3. The van der Waals surface area contributed by atoms with E-state index in [0.29, 0.717) is 19.1 Å². The predicted octanol–water partition coefficient (Wildman–Crippen LogP) is 2.45. The van der Waals surface area contributed by atoms with Crippen LogP contribution in [-0.2, 0) is 9.53 Å². The number of hydrogen-bond donors (Lipinski definition) is 1. The molecule has 1 saturated heterocycles. The van der Waals surface area contributed by atoms with Crippen molar-refractivity contribution in [2.75, 3.05) is 13.2 Å². The van der Waals surface area contributed by atoms with Crippen LogP contribution in [0.15, 0.2) is 0 Å². The molecule has 3 nitrogen and oxygen atoms in total. The molecule has 3 heteroatoms. The maximum atomic E-state index is 11.5. The molecule has 1 heterocycles. The molecule has 1 aliphatic heterocycles. The van der Waals surface area contributed by atoms with Crippen LogP contribution in [0.3, 0.4) is 0 Å². The highest BCUT2D eigenvalue weighted by Crippen LogP contribution is 2.66. The van der Waals surface area contributed by atoms with Crippen LogP contribution in [0, 0.1) is 16.7 Å². The van der Waals surface area contributed by atoms with Crippen LogP contribution >= 0.6 is 0 Å². The van der Waals surface area contributed by atoms with Gasteiger partial charge in [0.05, 0.1) is 18.6 Å². The van der Waals surface area contributed by atoms with Crippen molar-refractivity contribution in [1.82, 2.24) is 0 Å². The molecule has 2 saturated carbocycles. The topological polar surface area (TPSA) is 46.5 Å². The fraction of sp³-hybridized carbons (Fsp3) is 0.923. The second-order valence-electron chi connectivity index (χ2n) is 5.87. The van der Waals surface area contributed by atoms with Crippen LogP contribution in [0.5, 0.6) is 0 Å². The van der Waals surface area contributed by atoms with Crippen molar-refractivity contribution in [3.8, 4) is 0 Å². The van der Waals surface area contributed by atoms with E-state index in [2.05, 4.69) is 0 Å². The maximum Gasteiger partial charge on any atom is 0.310 e. The summed E-state index contributed by atoms with van der Waals surface area (Å²) in [6, 6.07) is 0. The minimum Gasteiger partial charge on any atom is -0.481 e.